The average Bonchev–Trinajstić information content (AvgIpc) is 2.57. The van der Waals surface area contributed by atoms with Crippen LogP contribution in [0.2, 0.25) is 0 Å². The first kappa shape index (κ1) is 15.5. The summed E-state index contributed by atoms with van der Waals surface area (Å²) in [5.41, 5.74) is 2.24. The summed E-state index contributed by atoms with van der Waals surface area (Å²) in [5.74, 6) is 1.29. The monoisotopic (exact) mass is 310 g/mol. The van der Waals surface area contributed by atoms with E-state index < -0.39 is 0 Å². The second kappa shape index (κ2) is 6.77. The molecular formula is C18H22N4O. The number of benzene rings is 1. The van der Waals surface area contributed by atoms with Crippen molar-refractivity contribution in [2.75, 3.05) is 23.3 Å². The number of rotatable bonds is 3. The fraction of sp³-hybridized carbons (Fsp3) is 0.389. The zero-order chi connectivity index (χ0) is 16.2. The molecule has 2 aromatic rings. The molecule has 1 N–H and O–H groups in total. The van der Waals surface area contributed by atoms with Crippen LogP contribution in [0.3, 0.4) is 0 Å². The van der Waals surface area contributed by atoms with Crippen LogP contribution in [0.15, 0.2) is 36.7 Å². The van der Waals surface area contributed by atoms with Crippen LogP contribution in [0.5, 0.6) is 0 Å². The van der Waals surface area contributed by atoms with Crippen molar-refractivity contribution < 1.29 is 4.79 Å². The number of hydrogen-bond donors (Lipinski definition) is 1. The number of hydrogen-bond acceptors (Lipinski definition) is 4. The second-order valence-corrected chi connectivity index (χ2v) is 6.22. The van der Waals surface area contributed by atoms with Gasteiger partial charge in [-0.25, -0.2) is 9.97 Å². The minimum absolute atomic E-state index is 0.201. The molecule has 5 nitrogen and oxygen atoms in total. The van der Waals surface area contributed by atoms with Crippen molar-refractivity contribution in [3.8, 4) is 0 Å². The molecule has 0 bridgehead atoms. The Kier molecular flexibility index (Phi) is 4.55. The van der Waals surface area contributed by atoms with E-state index >= 15 is 0 Å². The highest BCUT2D eigenvalue weighted by molar-refractivity contribution is 6.03. The second-order valence-electron chi connectivity index (χ2n) is 6.22. The van der Waals surface area contributed by atoms with E-state index in [1.54, 1.807) is 6.07 Å². The highest BCUT2D eigenvalue weighted by Crippen LogP contribution is 2.21. The molecule has 23 heavy (non-hydrogen) atoms. The zero-order valence-corrected chi connectivity index (χ0v) is 13.6. The minimum Gasteiger partial charge on any atom is -0.356 e. The fourth-order valence-corrected chi connectivity index (χ4v) is 2.94. The van der Waals surface area contributed by atoms with E-state index in [9.17, 15) is 4.79 Å². The summed E-state index contributed by atoms with van der Waals surface area (Å²) in [4.78, 5) is 23.2. The van der Waals surface area contributed by atoms with Gasteiger partial charge in [-0.2, -0.15) is 0 Å². The molecule has 1 saturated heterocycles. The molecule has 1 aliphatic rings. The normalized spacial score (nSPS) is 17.8. The van der Waals surface area contributed by atoms with Crippen LogP contribution in [0.1, 0.15) is 35.8 Å². The molecule has 0 radical (unpaired) electrons. The summed E-state index contributed by atoms with van der Waals surface area (Å²) < 4.78 is 0. The van der Waals surface area contributed by atoms with Crippen molar-refractivity contribution in [1.82, 2.24) is 9.97 Å². The van der Waals surface area contributed by atoms with Gasteiger partial charge in [0.2, 0.25) is 0 Å². The number of nitrogens with one attached hydrogen (secondary N) is 1. The predicted molar refractivity (Wildman–Crippen MR) is 91.8 cm³/mol. The third-order valence-electron chi connectivity index (χ3n) is 4.26. The quantitative estimate of drug-likeness (QED) is 0.945. The molecule has 0 saturated carbocycles. The summed E-state index contributed by atoms with van der Waals surface area (Å²) in [6, 6.07) is 9.50. The van der Waals surface area contributed by atoms with Crippen molar-refractivity contribution >= 4 is 17.4 Å². The summed E-state index contributed by atoms with van der Waals surface area (Å²) in [5, 5.41) is 2.92. The van der Waals surface area contributed by atoms with Crippen LogP contribution in [-0.2, 0) is 0 Å². The van der Waals surface area contributed by atoms with Gasteiger partial charge in [0.25, 0.3) is 5.91 Å². The number of anilines is 2. The maximum atomic E-state index is 12.4. The number of aryl methyl sites for hydroxylation is 1. The molecule has 1 aromatic heterocycles. The van der Waals surface area contributed by atoms with Crippen LogP contribution in [-0.4, -0.2) is 29.0 Å². The Morgan fingerprint density at radius 3 is 2.91 bits per heavy atom. The largest absolute Gasteiger partial charge is 0.356 e. The summed E-state index contributed by atoms with van der Waals surface area (Å²) >= 11 is 0. The Labute approximate surface area is 136 Å². The van der Waals surface area contributed by atoms with E-state index in [1.165, 1.54) is 12.7 Å². The Bertz CT molecular complexity index is 701. The van der Waals surface area contributed by atoms with Crippen molar-refractivity contribution in [2.45, 2.75) is 26.7 Å². The maximum Gasteiger partial charge on any atom is 0.274 e. The SMILES string of the molecule is Cc1ccccc1NC(=O)c1cc(N2CCCC(C)C2)ncn1. The molecule has 0 aliphatic carbocycles. The van der Waals surface area contributed by atoms with Crippen molar-refractivity contribution in [3.63, 3.8) is 0 Å². The molecule has 120 valence electrons. The number of carbonyl (C=O) groups excluding carboxylic acids is 1. The van der Waals surface area contributed by atoms with E-state index in [4.69, 9.17) is 0 Å². The first-order valence-electron chi connectivity index (χ1n) is 8.07. The lowest BCUT2D eigenvalue weighted by molar-refractivity contribution is 0.102. The summed E-state index contributed by atoms with van der Waals surface area (Å²) in [6.45, 7) is 6.19. The highest BCUT2D eigenvalue weighted by Gasteiger charge is 2.19. The van der Waals surface area contributed by atoms with Gasteiger partial charge in [-0.05, 0) is 37.3 Å². The summed E-state index contributed by atoms with van der Waals surface area (Å²) in [6.07, 6.45) is 3.89. The van der Waals surface area contributed by atoms with Gasteiger partial charge >= 0.3 is 0 Å². The number of carbonyl (C=O) groups is 1. The molecule has 1 fully saturated rings. The Morgan fingerprint density at radius 2 is 2.13 bits per heavy atom. The van der Waals surface area contributed by atoms with Crippen LogP contribution in [0, 0.1) is 12.8 Å². The number of aromatic nitrogens is 2. The maximum absolute atomic E-state index is 12.4. The molecule has 0 spiro atoms. The lowest BCUT2D eigenvalue weighted by Gasteiger charge is -2.31. The van der Waals surface area contributed by atoms with Crippen LogP contribution in [0.4, 0.5) is 11.5 Å². The summed E-state index contributed by atoms with van der Waals surface area (Å²) in [7, 11) is 0. The number of nitrogens with zero attached hydrogens (tertiary/aromatic N) is 3. The lowest BCUT2D eigenvalue weighted by Crippen LogP contribution is -2.35. The van der Waals surface area contributed by atoms with Gasteiger partial charge < -0.3 is 10.2 Å². The van der Waals surface area contributed by atoms with Gasteiger partial charge in [-0.3, -0.25) is 4.79 Å². The third kappa shape index (κ3) is 3.67. The van der Waals surface area contributed by atoms with Gasteiger partial charge in [-0.15, -0.1) is 0 Å². The Balaban J connectivity index is 1.76. The van der Waals surface area contributed by atoms with Gasteiger partial charge in [0.1, 0.15) is 17.8 Å². The van der Waals surface area contributed by atoms with Gasteiger partial charge in [-0.1, -0.05) is 25.1 Å². The molecule has 3 rings (SSSR count). The molecular weight excluding hydrogens is 288 g/mol. The van der Waals surface area contributed by atoms with E-state index in [0.29, 0.717) is 11.6 Å². The van der Waals surface area contributed by atoms with E-state index in [1.807, 2.05) is 31.2 Å². The predicted octanol–water partition coefficient (Wildman–Crippen LogP) is 3.27. The molecule has 2 heterocycles. The fourth-order valence-electron chi connectivity index (χ4n) is 2.94. The molecule has 1 atom stereocenters. The van der Waals surface area contributed by atoms with Crippen molar-refractivity contribution in [1.29, 1.82) is 0 Å². The van der Waals surface area contributed by atoms with Crippen molar-refractivity contribution in [2.24, 2.45) is 5.92 Å². The lowest BCUT2D eigenvalue weighted by atomic mass is 10.0. The van der Waals surface area contributed by atoms with Crippen molar-refractivity contribution in [3.05, 3.63) is 47.9 Å². The molecule has 1 aromatic carbocycles. The zero-order valence-electron chi connectivity index (χ0n) is 13.6. The topological polar surface area (TPSA) is 58.1 Å². The van der Waals surface area contributed by atoms with E-state index in [0.717, 1.165) is 36.6 Å². The van der Waals surface area contributed by atoms with E-state index in [2.05, 4.69) is 27.1 Å². The minimum atomic E-state index is -0.201. The average molecular weight is 310 g/mol. The van der Waals surface area contributed by atoms with Crippen LogP contribution < -0.4 is 10.2 Å². The number of piperidine rings is 1. The number of amides is 1. The van der Waals surface area contributed by atoms with Crippen LogP contribution in [0.25, 0.3) is 0 Å². The van der Waals surface area contributed by atoms with Gasteiger partial charge in [0.15, 0.2) is 0 Å². The third-order valence-corrected chi connectivity index (χ3v) is 4.26. The van der Waals surface area contributed by atoms with Gasteiger partial charge in [0.05, 0.1) is 0 Å². The Morgan fingerprint density at radius 1 is 1.30 bits per heavy atom. The first-order chi connectivity index (χ1) is 11.1. The van der Waals surface area contributed by atoms with E-state index in [-0.39, 0.29) is 5.91 Å². The Hall–Kier alpha value is -2.43. The van der Waals surface area contributed by atoms with Crippen LogP contribution >= 0.6 is 0 Å². The first-order valence-corrected chi connectivity index (χ1v) is 8.07. The number of para-hydroxylation sites is 1. The molecule has 1 unspecified atom stereocenters. The smallest absolute Gasteiger partial charge is 0.274 e. The molecule has 1 aliphatic heterocycles. The highest BCUT2D eigenvalue weighted by atomic mass is 16.1. The van der Waals surface area contributed by atoms with Gasteiger partial charge in [0, 0.05) is 24.8 Å². The molecule has 5 heteroatoms. The molecule has 1 amide bonds. The standard InChI is InChI=1S/C18H22N4O/c1-13-6-5-9-22(11-13)17-10-16(19-12-20-17)18(23)21-15-8-4-3-7-14(15)2/h3-4,7-8,10,12-13H,5-6,9,11H2,1-2H3,(H,21,23).